The van der Waals surface area contributed by atoms with Crippen LogP contribution in [0, 0.1) is 4.91 Å². The Hall–Kier alpha value is -3.55. The van der Waals surface area contributed by atoms with Gasteiger partial charge < -0.3 is 14.4 Å². The first kappa shape index (κ1) is 16.6. The number of nitrogens with zero attached hydrogens (tertiary/aromatic N) is 3. The predicted octanol–water partition coefficient (Wildman–Crippen LogP) is 2.56. The number of cyclic esters (lactones) is 1. The number of ether oxygens (including phenoxy) is 1. The number of phenolic OH excluding ortho intramolecular Hbond substituents is 1. The number of aromatic hydroxyl groups is 1. The maximum absolute atomic E-state index is 13.1. The van der Waals surface area contributed by atoms with Crippen molar-refractivity contribution in [2.75, 3.05) is 0 Å². The van der Waals surface area contributed by atoms with Crippen LogP contribution >= 0.6 is 0 Å². The van der Waals surface area contributed by atoms with Gasteiger partial charge in [0.2, 0.25) is 5.54 Å². The number of aromatic nitrogens is 2. The third kappa shape index (κ3) is 1.91. The molecule has 0 fully saturated rings. The van der Waals surface area contributed by atoms with Gasteiger partial charge in [-0.05, 0) is 35.9 Å². The van der Waals surface area contributed by atoms with E-state index in [9.17, 15) is 19.6 Å². The molecule has 3 aromatic rings. The lowest BCUT2D eigenvalue weighted by molar-refractivity contribution is -0.154. The number of hydrogen-bond acceptors (Lipinski definition) is 7. The van der Waals surface area contributed by atoms with Crippen LogP contribution in [0.3, 0.4) is 0 Å². The molecule has 1 N–H and O–H groups in total. The van der Waals surface area contributed by atoms with Crippen molar-refractivity contribution in [1.29, 1.82) is 0 Å². The number of carbonyl (C=O) groups is 1. The predicted molar refractivity (Wildman–Crippen MR) is 99.8 cm³/mol. The maximum Gasteiger partial charge on any atom is 0.342 e. The first-order valence-electron chi connectivity index (χ1n) is 8.91. The Morgan fingerprint density at radius 1 is 1.32 bits per heavy atom. The molecular formula is C20H15N3O5. The van der Waals surface area contributed by atoms with Gasteiger partial charge in [-0.2, -0.15) is 0 Å². The number of nitroso groups, excluding NO2 is 1. The monoisotopic (exact) mass is 377 g/mol. The zero-order chi connectivity index (χ0) is 19.6. The number of hydrogen-bond donors (Lipinski definition) is 1. The van der Waals surface area contributed by atoms with E-state index in [-0.39, 0.29) is 36.4 Å². The minimum atomic E-state index is -1.72. The van der Waals surface area contributed by atoms with Crippen molar-refractivity contribution in [2.45, 2.75) is 32.0 Å². The highest BCUT2D eigenvalue weighted by atomic mass is 16.5. The van der Waals surface area contributed by atoms with Gasteiger partial charge in [-0.15, -0.1) is 4.91 Å². The third-order valence-electron chi connectivity index (χ3n) is 5.68. The van der Waals surface area contributed by atoms with E-state index in [1.54, 1.807) is 35.8 Å². The molecule has 0 bridgehead atoms. The molecule has 0 unspecified atom stereocenters. The van der Waals surface area contributed by atoms with Crippen molar-refractivity contribution in [3.05, 3.63) is 62.3 Å². The molecule has 2 aromatic heterocycles. The molecule has 1 aromatic carbocycles. The van der Waals surface area contributed by atoms with Crippen molar-refractivity contribution in [3.8, 4) is 17.1 Å². The normalized spacial score (nSPS) is 19.7. The smallest absolute Gasteiger partial charge is 0.342 e. The first-order chi connectivity index (χ1) is 13.5. The Labute approximate surface area is 158 Å². The van der Waals surface area contributed by atoms with E-state index >= 15 is 0 Å². The zero-order valence-electron chi connectivity index (χ0n) is 14.9. The molecule has 0 saturated heterocycles. The highest BCUT2D eigenvalue weighted by Gasteiger charge is 2.48. The molecule has 4 heterocycles. The van der Waals surface area contributed by atoms with Gasteiger partial charge in [-0.25, -0.2) is 9.78 Å². The molecule has 0 amide bonds. The van der Waals surface area contributed by atoms with Crippen molar-refractivity contribution in [1.82, 2.24) is 9.55 Å². The van der Waals surface area contributed by atoms with E-state index in [0.29, 0.717) is 27.9 Å². The average molecular weight is 377 g/mol. The quantitative estimate of drug-likeness (QED) is 0.425. The lowest BCUT2D eigenvalue weighted by atomic mass is 9.83. The van der Waals surface area contributed by atoms with E-state index < -0.39 is 11.5 Å². The second-order valence-electron chi connectivity index (χ2n) is 7.03. The van der Waals surface area contributed by atoms with Gasteiger partial charge in [0.25, 0.3) is 5.56 Å². The van der Waals surface area contributed by atoms with E-state index in [0.717, 1.165) is 5.56 Å². The first-order valence-corrected chi connectivity index (χ1v) is 8.91. The minimum Gasteiger partial charge on any atom is -0.507 e. The van der Waals surface area contributed by atoms with E-state index in [4.69, 9.17) is 4.74 Å². The molecular weight excluding hydrogens is 362 g/mol. The zero-order valence-corrected chi connectivity index (χ0v) is 14.9. The van der Waals surface area contributed by atoms with Gasteiger partial charge >= 0.3 is 5.97 Å². The molecule has 1 atom stereocenters. The second-order valence-corrected chi connectivity index (χ2v) is 7.03. The summed E-state index contributed by atoms with van der Waals surface area (Å²) < 4.78 is 6.66. The Bertz CT molecular complexity index is 1260. The fourth-order valence-corrected chi connectivity index (χ4v) is 4.14. The van der Waals surface area contributed by atoms with Crippen LogP contribution in [0.4, 0.5) is 0 Å². The molecule has 0 saturated carbocycles. The highest BCUT2D eigenvalue weighted by molar-refractivity contribution is 5.89. The SMILES string of the molecule is CC[C@@]1(N=O)C(=O)OCc2c1cc1n(c2=O)Cc2cc3c(O)cccc3nc2-1. The largest absolute Gasteiger partial charge is 0.507 e. The molecule has 8 nitrogen and oxygen atoms in total. The molecule has 140 valence electrons. The van der Waals surface area contributed by atoms with Crippen LogP contribution in [0.5, 0.6) is 5.75 Å². The topological polar surface area (TPSA) is 111 Å². The van der Waals surface area contributed by atoms with Crippen LogP contribution < -0.4 is 5.56 Å². The van der Waals surface area contributed by atoms with E-state index in [1.165, 1.54) is 0 Å². The van der Waals surface area contributed by atoms with E-state index in [2.05, 4.69) is 10.2 Å². The van der Waals surface area contributed by atoms with Crippen molar-refractivity contribution in [2.24, 2.45) is 5.18 Å². The Morgan fingerprint density at radius 3 is 2.89 bits per heavy atom. The Balaban J connectivity index is 1.82. The molecule has 28 heavy (non-hydrogen) atoms. The molecule has 2 aliphatic rings. The minimum absolute atomic E-state index is 0.0944. The van der Waals surface area contributed by atoms with Gasteiger partial charge in [-0.1, -0.05) is 13.0 Å². The number of esters is 1. The Morgan fingerprint density at radius 2 is 2.14 bits per heavy atom. The second kappa shape index (κ2) is 5.48. The van der Waals surface area contributed by atoms with E-state index in [1.807, 2.05) is 6.07 Å². The number of phenols is 1. The van der Waals surface area contributed by atoms with Crippen LogP contribution in [-0.4, -0.2) is 20.6 Å². The van der Waals surface area contributed by atoms with Gasteiger partial charge in [0.05, 0.1) is 29.0 Å². The van der Waals surface area contributed by atoms with Crippen LogP contribution in [0.2, 0.25) is 0 Å². The standard InChI is InChI=1S/C20H15N3O5/c1-2-20(22-27)13-7-15-17-10(6-11-14(21-17)4-3-5-16(11)24)8-23(15)18(25)12(13)9-28-19(20)26/h3-7,24H,2,8-9H2,1H3/t20-/m0/s1. The molecule has 2 aliphatic heterocycles. The summed E-state index contributed by atoms with van der Waals surface area (Å²) in [5.41, 5.74) is 1.00. The summed E-state index contributed by atoms with van der Waals surface area (Å²) in [7, 11) is 0. The third-order valence-corrected chi connectivity index (χ3v) is 5.68. The number of benzene rings is 1. The Kier molecular flexibility index (Phi) is 3.25. The van der Waals surface area contributed by atoms with Gasteiger partial charge in [0, 0.05) is 16.5 Å². The van der Waals surface area contributed by atoms with Gasteiger partial charge in [0.15, 0.2) is 0 Å². The molecule has 0 spiro atoms. The van der Waals surface area contributed by atoms with Crippen LogP contribution in [-0.2, 0) is 28.2 Å². The lowest BCUT2D eigenvalue weighted by Gasteiger charge is -2.30. The lowest BCUT2D eigenvalue weighted by Crippen LogP contribution is -2.43. The van der Waals surface area contributed by atoms with Gasteiger partial charge in [-0.3, -0.25) is 4.79 Å². The van der Waals surface area contributed by atoms with Crippen molar-refractivity contribution in [3.63, 3.8) is 0 Å². The molecule has 5 rings (SSSR count). The summed E-state index contributed by atoms with van der Waals surface area (Å²) >= 11 is 0. The van der Waals surface area contributed by atoms with Crippen LogP contribution in [0.25, 0.3) is 22.3 Å². The van der Waals surface area contributed by atoms with Crippen LogP contribution in [0.1, 0.15) is 30.0 Å². The number of pyridine rings is 2. The maximum atomic E-state index is 13.1. The number of carbonyl (C=O) groups excluding carboxylic acids is 1. The van der Waals surface area contributed by atoms with Crippen molar-refractivity contribution < 1.29 is 14.6 Å². The summed E-state index contributed by atoms with van der Waals surface area (Å²) in [5, 5.41) is 13.8. The van der Waals surface area contributed by atoms with Crippen LogP contribution in [0.15, 0.2) is 40.3 Å². The summed E-state index contributed by atoms with van der Waals surface area (Å²) in [6.07, 6.45) is 0.0944. The molecule has 0 radical (unpaired) electrons. The average Bonchev–Trinajstić information content (AvgIpc) is 3.06. The summed E-state index contributed by atoms with van der Waals surface area (Å²) in [6, 6.07) is 8.52. The number of rotatable bonds is 2. The van der Waals surface area contributed by atoms with Crippen molar-refractivity contribution >= 4 is 16.9 Å². The highest BCUT2D eigenvalue weighted by Crippen LogP contribution is 2.41. The fourth-order valence-electron chi connectivity index (χ4n) is 4.14. The summed E-state index contributed by atoms with van der Waals surface area (Å²) in [5.74, 6) is -0.624. The number of fused-ring (bicyclic) bond motifs is 5. The van der Waals surface area contributed by atoms with Gasteiger partial charge in [0.1, 0.15) is 12.4 Å². The fraction of sp³-hybridized carbons (Fsp3) is 0.250. The molecule has 8 heteroatoms. The molecule has 0 aliphatic carbocycles. The summed E-state index contributed by atoms with van der Waals surface area (Å²) in [4.78, 5) is 41.7. The summed E-state index contributed by atoms with van der Waals surface area (Å²) in [6.45, 7) is 1.76.